The van der Waals surface area contributed by atoms with Crippen LogP contribution in [0.2, 0.25) is 0 Å². The lowest BCUT2D eigenvalue weighted by Gasteiger charge is -2.22. The first kappa shape index (κ1) is 13.9. The number of nitrogens with one attached hydrogen (secondary N) is 3. The van der Waals surface area contributed by atoms with E-state index in [-0.39, 0.29) is 42.3 Å². The summed E-state index contributed by atoms with van der Waals surface area (Å²) in [6.45, 7) is 0.282. The predicted octanol–water partition coefficient (Wildman–Crippen LogP) is -2.37. The van der Waals surface area contributed by atoms with Gasteiger partial charge in [0.05, 0.1) is 18.1 Å². The van der Waals surface area contributed by atoms with Gasteiger partial charge in [-0.3, -0.25) is 9.59 Å². The van der Waals surface area contributed by atoms with Crippen LogP contribution in [-0.2, 0) is 19.4 Å². The molecule has 8 heteroatoms. The lowest BCUT2D eigenvalue weighted by atomic mass is 10.2. The average Bonchev–Trinajstić information content (AvgIpc) is 2.24. The van der Waals surface area contributed by atoms with E-state index in [2.05, 4.69) is 16.0 Å². The quantitative estimate of drug-likeness (QED) is 0.525. The summed E-state index contributed by atoms with van der Waals surface area (Å²) in [5.41, 5.74) is 0. The Morgan fingerprint density at radius 3 is 2.65 bits per heavy atom. The van der Waals surface area contributed by atoms with E-state index in [9.17, 15) is 18.0 Å². The molecule has 0 aromatic rings. The van der Waals surface area contributed by atoms with Gasteiger partial charge in [0, 0.05) is 26.1 Å². The van der Waals surface area contributed by atoms with E-state index in [1.54, 1.807) is 0 Å². The molecule has 1 aliphatic rings. The van der Waals surface area contributed by atoms with Gasteiger partial charge in [0.15, 0.2) is 9.84 Å². The van der Waals surface area contributed by atoms with Gasteiger partial charge in [0.1, 0.15) is 0 Å². The van der Waals surface area contributed by atoms with E-state index in [0.29, 0.717) is 6.54 Å². The zero-order valence-corrected chi connectivity index (χ0v) is 10.5. The summed E-state index contributed by atoms with van der Waals surface area (Å²) in [5, 5.41) is 7.76. The number of hydrogen-bond donors (Lipinski definition) is 3. The highest BCUT2D eigenvalue weighted by molar-refractivity contribution is 7.91. The molecule has 3 N–H and O–H groups in total. The summed E-state index contributed by atoms with van der Waals surface area (Å²) >= 11 is 0. The van der Waals surface area contributed by atoms with Gasteiger partial charge >= 0.3 is 0 Å². The van der Waals surface area contributed by atoms with E-state index < -0.39 is 9.84 Å². The third kappa shape index (κ3) is 5.14. The second-order valence-corrected chi connectivity index (χ2v) is 6.15. The smallest absolute Gasteiger partial charge is 0.239 e. The summed E-state index contributed by atoms with van der Waals surface area (Å²) in [4.78, 5) is 22.3. The third-order valence-electron chi connectivity index (χ3n) is 2.46. The number of carbonyl (C=O) groups excluding carboxylic acids is 2. The minimum atomic E-state index is -3.04. The van der Waals surface area contributed by atoms with Gasteiger partial charge in [0.25, 0.3) is 0 Å². The van der Waals surface area contributed by atoms with E-state index >= 15 is 0 Å². The summed E-state index contributed by atoms with van der Waals surface area (Å²) in [6.07, 6.45) is 0.0657. The number of likely N-dealkylation sites (N-methyl/N-ethyl adjacent to an activating group) is 1. The van der Waals surface area contributed by atoms with Crippen molar-refractivity contribution >= 4 is 21.7 Å². The van der Waals surface area contributed by atoms with Crippen LogP contribution in [0, 0.1) is 0 Å². The molecule has 1 rings (SSSR count). The fraction of sp³-hybridized carbons (Fsp3) is 0.778. The minimum absolute atomic E-state index is 0.0274. The highest BCUT2D eigenvalue weighted by Crippen LogP contribution is 2.04. The highest BCUT2D eigenvalue weighted by Gasteiger charge is 2.25. The first-order chi connectivity index (χ1) is 7.93. The van der Waals surface area contributed by atoms with Crippen LogP contribution < -0.4 is 16.0 Å². The maximum atomic E-state index is 11.4. The molecule has 0 aromatic heterocycles. The Hall–Kier alpha value is -1.15. The third-order valence-corrected chi connectivity index (χ3v) is 4.19. The van der Waals surface area contributed by atoms with Gasteiger partial charge in [-0.25, -0.2) is 8.42 Å². The molecule has 1 unspecified atom stereocenters. The van der Waals surface area contributed by atoms with Gasteiger partial charge in [0.2, 0.25) is 11.8 Å². The Morgan fingerprint density at radius 1 is 1.35 bits per heavy atom. The average molecular weight is 263 g/mol. The van der Waals surface area contributed by atoms with E-state index in [1.165, 1.54) is 7.05 Å². The van der Waals surface area contributed by atoms with Gasteiger partial charge in [-0.05, 0) is 0 Å². The molecule has 1 heterocycles. The molecular weight excluding hydrogens is 246 g/mol. The summed E-state index contributed by atoms with van der Waals surface area (Å²) in [6, 6.07) is -0.363. The second-order valence-electron chi connectivity index (χ2n) is 3.92. The SMILES string of the molecule is CNC(=O)CNC(=O)CC1CS(=O)(=O)CCN1. The topological polar surface area (TPSA) is 104 Å². The van der Waals surface area contributed by atoms with Gasteiger partial charge < -0.3 is 16.0 Å². The van der Waals surface area contributed by atoms with Crippen LogP contribution in [0.4, 0.5) is 0 Å². The maximum absolute atomic E-state index is 11.4. The Labute approximate surface area is 100 Å². The van der Waals surface area contributed by atoms with E-state index in [4.69, 9.17) is 0 Å². The number of carbonyl (C=O) groups is 2. The zero-order chi connectivity index (χ0) is 12.9. The van der Waals surface area contributed by atoms with Crippen molar-refractivity contribution in [2.24, 2.45) is 0 Å². The molecule has 7 nitrogen and oxygen atoms in total. The molecule has 1 saturated heterocycles. The van der Waals surface area contributed by atoms with Crippen molar-refractivity contribution in [1.29, 1.82) is 0 Å². The molecule has 98 valence electrons. The predicted molar refractivity (Wildman–Crippen MR) is 62.1 cm³/mol. The van der Waals surface area contributed by atoms with Crippen molar-refractivity contribution < 1.29 is 18.0 Å². The van der Waals surface area contributed by atoms with Crippen LogP contribution in [0.5, 0.6) is 0 Å². The lowest BCUT2D eigenvalue weighted by molar-refractivity contribution is -0.126. The summed E-state index contributed by atoms with van der Waals surface area (Å²) in [5.74, 6) is -0.533. The lowest BCUT2D eigenvalue weighted by Crippen LogP contribution is -2.48. The van der Waals surface area contributed by atoms with E-state index in [1.807, 2.05) is 0 Å². The van der Waals surface area contributed by atoms with Crippen molar-refractivity contribution in [3.05, 3.63) is 0 Å². The van der Waals surface area contributed by atoms with Gasteiger partial charge in [-0.1, -0.05) is 0 Å². The number of sulfone groups is 1. The summed E-state index contributed by atoms with van der Waals surface area (Å²) in [7, 11) is -1.56. The van der Waals surface area contributed by atoms with Crippen LogP contribution in [-0.4, -0.2) is 57.9 Å². The van der Waals surface area contributed by atoms with Crippen molar-refractivity contribution in [2.45, 2.75) is 12.5 Å². The van der Waals surface area contributed by atoms with Crippen molar-refractivity contribution in [1.82, 2.24) is 16.0 Å². The largest absolute Gasteiger partial charge is 0.358 e. The Kier molecular flexibility index (Phi) is 4.88. The van der Waals surface area contributed by atoms with Gasteiger partial charge in [-0.2, -0.15) is 0 Å². The second kappa shape index (κ2) is 5.97. The fourth-order valence-corrected chi connectivity index (χ4v) is 3.01. The molecule has 0 saturated carbocycles. The first-order valence-corrected chi connectivity index (χ1v) is 7.16. The molecule has 0 spiro atoms. The molecule has 0 radical (unpaired) electrons. The van der Waals surface area contributed by atoms with Crippen LogP contribution in [0.3, 0.4) is 0 Å². The van der Waals surface area contributed by atoms with E-state index in [0.717, 1.165) is 0 Å². The Bertz CT molecular complexity index is 393. The molecule has 17 heavy (non-hydrogen) atoms. The normalized spacial score (nSPS) is 22.8. The molecular formula is C9H17N3O4S. The first-order valence-electron chi connectivity index (χ1n) is 5.34. The number of rotatable bonds is 4. The number of hydrogen-bond acceptors (Lipinski definition) is 5. The van der Waals surface area contributed by atoms with Crippen molar-refractivity contribution in [2.75, 3.05) is 31.6 Å². The molecule has 0 aliphatic carbocycles. The monoisotopic (exact) mass is 263 g/mol. The summed E-state index contributed by atoms with van der Waals surface area (Å²) < 4.78 is 22.6. The van der Waals surface area contributed by atoms with Crippen LogP contribution >= 0.6 is 0 Å². The van der Waals surface area contributed by atoms with Crippen molar-refractivity contribution in [3.8, 4) is 0 Å². The zero-order valence-electron chi connectivity index (χ0n) is 9.65. The van der Waals surface area contributed by atoms with Crippen LogP contribution in [0.25, 0.3) is 0 Å². The Morgan fingerprint density at radius 2 is 2.06 bits per heavy atom. The van der Waals surface area contributed by atoms with Crippen molar-refractivity contribution in [3.63, 3.8) is 0 Å². The fourth-order valence-electron chi connectivity index (χ4n) is 1.56. The number of amides is 2. The molecule has 0 aromatic carbocycles. The standard InChI is InChI=1S/C9H17N3O4S/c1-10-9(14)5-12-8(13)4-7-6-17(15,16)3-2-11-7/h7,11H,2-6H2,1H3,(H,10,14)(H,12,13). The molecule has 1 fully saturated rings. The highest BCUT2D eigenvalue weighted by atomic mass is 32.2. The molecule has 1 atom stereocenters. The molecule has 2 amide bonds. The minimum Gasteiger partial charge on any atom is -0.358 e. The Balaban J connectivity index is 2.33. The van der Waals surface area contributed by atoms with Crippen LogP contribution in [0.1, 0.15) is 6.42 Å². The molecule has 1 aliphatic heterocycles. The van der Waals surface area contributed by atoms with Gasteiger partial charge in [-0.15, -0.1) is 0 Å². The maximum Gasteiger partial charge on any atom is 0.239 e. The van der Waals surface area contributed by atoms with Crippen LogP contribution in [0.15, 0.2) is 0 Å². The molecule has 0 bridgehead atoms.